The van der Waals surface area contributed by atoms with E-state index in [2.05, 4.69) is 0 Å². The Balaban J connectivity index is 1.60. The highest BCUT2D eigenvalue weighted by Crippen LogP contribution is 2.42. The van der Waals surface area contributed by atoms with Crippen molar-refractivity contribution < 1.29 is 13.2 Å². The van der Waals surface area contributed by atoms with E-state index in [1.54, 1.807) is 33.5 Å². The molecule has 1 aromatic rings. The minimum absolute atomic E-state index is 0.0675. The zero-order valence-electron chi connectivity index (χ0n) is 14.7. The van der Waals surface area contributed by atoms with Crippen LogP contribution < -0.4 is 4.90 Å². The maximum absolute atomic E-state index is 13.2. The number of carbonyl (C=O) groups is 1. The SMILES string of the molecule is C[C@@H]1C[C@@H]2CCCC[C@H]2N1S(=O)(=O)c1ccc(N2CCCC2=O)cc1. The van der Waals surface area contributed by atoms with Gasteiger partial charge < -0.3 is 4.90 Å². The average molecular weight is 362 g/mol. The fourth-order valence-corrected chi connectivity index (χ4v) is 6.84. The molecule has 0 N–H and O–H groups in total. The molecule has 0 aromatic heterocycles. The van der Waals surface area contributed by atoms with Gasteiger partial charge in [0.15, 0.2) is 0 Å². The van der Waals surface area contributed by atoms with Gasteiger partial charge in [0.25, 0.3) is 0 Å². The van der Waals surface area contributed by atoms with Gasteiger partial charge in [0, 0.05) is 30.7 Å². The molecule has 1 aromatic carbocycles. The molecule has 6 heteroatoms. The predicted molar refractivity (Wildman–Crippen MR) is 96.9 cm³/mol. The van der Waals surface area contributed by atoms with Crippen molar-refractivity contribution in [3.8, 4) is 0 Å². The summed E-state index contributed by atoms with van der Waals surface area (Å²) in [5.41, 5.74) is 0.798. The molecule has 0 unspecified atom stereocenters. The number of sulfonamides is 1. The third-order valence-electron chi connectivity index (χ3n) is 6.07. The molecular weight excluding hydrogens is 336 g/mol. The summed E-state index contributed by atoms with van der Waals surface area (Å²) in [4.78, 5) is 14.0. The summed E-state index contributed by atoms with van der Waals surface area (Å²) >= 11 is 0. The van der Waals surface area contributed by atoms with Crippen LogP contribution >= 0.6 is 0 Å². The summed E-state index contributed by atoms with van der Waals surface area (Å²) < 4.78 is 28.3. The van der Waals surface area contributed by atoms with E-state index in [1.165, 1.54) is 6.42 Å². The highest BCUT2D eigenvalue weighted by molar-refractivity contribution is 7.89. The van der Waals surface area contributed by atoms with Crippen LogP contribution in [0, 0.1) is 5.92 Å². The standard InChI is InChI=1S/C19H26N2O3S/c1-14-13-15-5-2-3-6-18(15)21(14)25(23,24)17-10-8-16(9-11-17)20-12-4-7-19(20)22/h8-11,14-15,18H,2-7,12-13H2,1H3/t14-,15+,18-/m1/s1. The lowest BCUT2D eigenvalue weighted by Gasteiger charge is -2.32. The van der Waals surface area contributed by atoms with Gasteiger partial charge in [-0.15, -0.1) is 0 Å². The first-order valence-corrected chi connectivity index (χ1v) is 10.9. The molecule has 5 nitrogen and oxygen atoms in total. The van der Waals surface area contributed by atoms with Gasteiger partial charge in [-0.3, -0.25) is 4.79 Å². The van der Waals surface area contributed by atoms with Crippen molar-refractivity contribution in [2.24, 2.45) is 5.92 Å². The molecule has 2 saturated heterocycles. The number of benzene rings is 1. The van der Waals surface area contributed by atoms with E-state index >= 15 is 0 Å². The number of nitrogens with zero attached hydrogens (tertiary/aromatic N) is 2. The highest BCUT2D eigenvalue weighted by atomic mass is 32.2. The Morgan fingerprint density at radius 3 is 2.44 bits per heavy atom. The van der Waals surface area contributed by atoms with Gasteiger partial charge in [-0.1, -0.05) is 12.8 Å². The Labute approximate surface area is 150 Å². The second kappa shape index (κ2) is 6.40. The molecule has 0 bridgehead atoms. The molecule has 136 valence electrons. The van der Waals surface area contributed by atoms with Gasteiger partial charge >= 0.3 is 0 Å². The normalized spacial score (nSPS) is 30.7. The smallest absolute Gasteiger partial charge is 0.243 e. The number of anilines is 1. The van der Waals surface area contributed by atoms with Crippen LogP contribution in [0.4, 0.5) is 5.69 Å². The summed E-state index contributed by atoms with van der Waals surface area (Å²) in [5.74, 6) is 0.633. The van der Waals surface area contributed by atoms with Crippen molar-refractivity contribution in [2.75, 3.05) is 11.4 Å². The van der Waals surface area contributed by atoms with Crippen molar-refractivity contribution in [3.63, 3.8) is 0 Å². The Morgan fingerprint density at radius 2 is 1.76 bits per heavy atom. The quantitative estimate of drug-likeness (QED) is 0.830. The molecule has 1 aliphatic carbocycles. The van der Waals surface area contributed by atoms with Gasteiger partial charge in [-0.25, -0.2) is 8.42 Å². The highest BCUT2D eigenvalue weighted by Gasteiger charge is 2.46. The number of carbonyl (C=O) groups excluding carboxylic acids is 1. The zero-order chi connectivity index (χ0) is 17.6. The second-order valence-electron chi connectivity index (χ2n) is 7.67. The van der Waals surface area contributed by atoms with Crippen LogP contribution in [0.5, 0.6) is 0 Å². The molecule has 3 fully saturated rings. The predicted octanol–water partition coefficient (Wildman–Crippen LogP) is 3.16. The first kappa shape index (κ1) is 17.0. The topological polar surface area (TPSA) is 57.7 Å². The summed E-state index contributed by atoms with van der Waals surface area (Å²) in [6, 6.07) is 7.11. The Morgan fingerprint density at radius 1 is 1.04 bits per heavy atom. The number of hydrogen-bond acceptors (Lipinski definition) is 3. The van der Waals surface area contributed by atoms with Crippen LogP contribution in [-0.2, 0) is 14.8 Å². The average Bonchev–Trinajstić information content (AvgIpc) is 3.17. The summed E-state index contributed by atoms with van der Waals surface area (Å²) in [6.45, 7) is 2.75. The van der Waals surface area contributed by atoms with E-state index in [-0.39, 0.29) is 18.0 Å². The van der Waals surface area contributed by atoms with Gasteiger partial charge in [-0.2, -0.15) is 4.31 Å². The van der Waals surface area contributed by atoms with Gasteiger partial charge in [-0.05, 0) is 62.8 Å². The summed E-state index contributed by atoms with van der Waals surface area (Å²) in [6.07, 6.45) is 6.90. The maximum Gasteiger partial charge on any atom is 0.243 e. The van der Waals surface area contributed by atoms with Crippen LogP contribution in [0.1, 0.15) is 51.9 Å². The third kappa shape index (κ3) is 2.89. The molecule has 3 aliphatic rings. The van der Waals surface area contributed by atoms with E-state index in [4.69, 9.17) is 0 Å². The minimum Gasteiger partial charge on any atom is -0.312 e. The number of rotatable bonds is 3. The van der Waals surface area contributed by atoms with E-state index in [0.717, 1.165) is 44.3 Å². The summed E-state index contributed by atoms with van der Waals surface area (Å²) in [5, 5.41) is 0. The van der Waals surface area contributed by atoms with Crippen molar-refractivity contribution in [2.45, 2.75) is 68.8 Å². The molecule has 2 aliphatic heterocycles. The maximum atomic E-state index is 13.2. The first-order chi connectivity index (χ1) is 12.0. The third-order valence-corrected chi connectivity index (χ3v) is 8.12. The molecule has 2 heterocycles. The first-order valence-electron chi connectivity index (χ1n) is 9.42. The monoisotopic (exact) mass is 362 g/mol. The van der Waals surface area contributed by atoms with Crippen LogP contribution in [0.2, 0.25) is 0 Å². The molecule has 3 atom stereocenters. The van der Waals surface area contributed by atoms with Gasteiger partial charge in [0.1, 0.15) is 0 Å². The van der Waals surface area contributed by atoms with Crippen LogP contribution in [-0.4, -0.2) is 37.3 Å². The van der Waals surface area contributed by atoms with Gasteiger partial charge in [0.2, 0.25) is 15.9 Å². The lowest BCUT2D eigenvalue weighted by molar-refractivity contribution is -0.117. The molecule has 4 rings (SSSR count). The second-order valence-corrected chi connectivity index (χ2v) is 9.52. The lowest BCUT2D eigenvalue weighted by atomic mass is 9.85. The number of amides is 1. The van der Waals surface area contributed by atoms with Gasteiger partial charge in [0.05, 0.1) is 4.90 Å². The Hall–Kier alpha value is -1.40. The number of hydrogen-bond donors (Lipinski definition) is 0. The molecule has 1 amide bonds. The van der Waals surface area contributed by atoms with Crippen molar-refractivity contribution in [1.82, 2.24) is 4.31 Å². The zero-order valence-corrected chi connectivity index (χ0v) is 15.5. The van der Waals surface area contributed by atoms with E-state index in [0.29, 0.717) is 17.2 Å². The van der Waals surface area contributed by atoms with E-state index < -0.39 is 10.0 Å². The van der Waals surface area contributed by atoms with Crippen LogP contribution in [0.15, 0.2) is 29.2 Å². The molecule has 1 saturated carbocycles. The van der Waals surface area contributed by atoms with E-state index in [9.17, 15) is 13.2 Å². The molecule has 0 radical (unpaired) electrons. The van der Waals surface area contributed by atoms with E-state index in [1.807, 2.05) is 6.92 Å². The Bertz CT molecular complexity index is 759. The van der Waals surface area contributed by atoms with Crippen molar-refractivity contribution >= 4 is 21.6 Å². The van der Waals surface area contributed by atoms with Crippen LogP contribution in [0.3, 0.4) is 0 Å². The fraction of sp³-hybridized carbons (Fsp3) is 0.632. The Kier molecular flexibility index (Phi) is 4.36. The molecule has 0 spiro atoms. The van der Waals surface area contributed by atoms with Crippen molar-refractivity contribution in [3.05, 3.63) is 24.3 Å². The fourth-order valence-electron chi connectivity index (χ4n) is 4.92. The largest absolute Gasteiger partial charge is 0.312 e. The molecule has 25 heavy (non-hydrogen) atoms. The van der Waals surface area contributed by atoms with Crippen LogP contribution in [0.25, 0.3) is 0 Å². The lowest BCUT2D eigenvalue weighted by Crippen LogP contribution is -2.42. The summed E-state index contributed by atoms with van der Waals surface area (Å²) in [7, 11) is -3.48. The molecular formula is C19H26N2O3S. The minimum atomic E-state index is -3.48. The van der Waals surface area contributed by atoms with Crippen molar-refractivity contribution in [1.29, 1.82) is 0 Å². The number of fused-ring (bicyclic) bond motifs is 1.